The molecule has 0 aliphatic rings. The first kappa shape index (κ1) is 12.2. The molecule has 0 saturated heterocycles. The largest absolute Gasteiger partial charge is 0.493 e. The van der Waals surface area contributed by atoms with Crippen molar-refractivity contribution in [2.45, 2.75) is 6.42 Å². The average molecular weight is 246 g/mol. The van der Waals surface area contributed by atoms with Crippen molar-refractivity contribution in [3.63, 3.8) is 0 Å². The van der Waals surface area contributed by atoms with Crippen LogP contribution in [0.25, 0.3) is 0 Å². The summed E-state index contributed by atoms with van der Waals surface area (Å²) in [7, 11) is 3.14. The number of carbonyl (C=O) groups is 1. The van der Waals surface area contributed by atoms with Crippen molar-refractivity contribution in [1.82, 2.24) is 9.78 Å². The number of aromatic nitrogens is 2. The van der Waals surface area contributed by atoms with Gasteiger partial charge in [-0.3, -0.25) is 4.79 Å². The molecule has 1 aromatic carbocycles. The van der Waals surface area contributed by atoms with Crippen LogP contribution in [0.1, 0.15) is 10.4 Å². The van der Waals surface area contributed by atoms with E-state index >= 15 is 0 Å². The molecule has 0 spiro atoms. The van der Waals surface area contributed by atoms with E-state index in [0.29, 0.717) is 11.5 Å². The van der Waals surface area contributed by atoms with Gasteiger partial charge in [0.15, 0.2) is 11.5 Å². The van der Waals surface area contributed by atoms with Gasteiger partial charge in [0.2, 0.25) is 0 Å². The average Bonchev–Trinajstić information content (AvgIpc) is 2.92. The van der Waals surface area contributed by atoms with E-state index in [0.717, 1.165) is 5.56 Å². The second-order valence-electron chi connectivity index (χ2n) is 3.71. The normalized spacial score (nSPS) is 10.1. The van der Waals surface area contributed by atoms with Crippen LogP contribution >= 0.6 is 0 Å². The van der Waals surface area contributed by atoms with Crippen LogP contribution in [0, 0.1) is 0 Å². The molecule has 2 aromatic rings. The van der Waals surface area contributed by atoms with Gasteiger partial charge in [-0.1, -0.05) is 6.07 Å². The maximum atomic E-state index is 11.9. The van der Waals surface area contributed by atoms with Crippen molar-refractivity contribution in [2.75, 3.05) is 14.2 Å². The molecule has 0 N–H and O–H groups in total. The molecule has 1 aromatic heterocycles. The summed E-state index contributed by atoms with van der Waals surface area (Å²) in [6.45, 7) is 0. The lowest BCUT2D eigenvalue weighted by Crippen LogP contribution is -2.13. The molecule has 0 fully saturated rings. The second-order valence-corrected chi connectivity index (χ2v) is 3.71. The second kappa shape index (κ2) is 5.35. The summed E-state index contributed by atoms with van der Waals surface area (Å²) < 4.78 is 11.6. The van der Waals surface area contributed by atoms with Crippen molar-refractivity contribution >= 4 is 5.91 Å². The first-order valence-corrected chi connectivity index (χ1v) is 5.48. The van der Waals surface area contributed by atoms with Crippen LogP contribution in [-0.4, -0.2) is 29.9 Å². The SMILES string of the molecule is COc1ccc(CC(=O)n2cccn2)cc1OC. The monoisotopic (exact) mass is 246 g/mol. The van der Waals surface area contributed by atoms with Crippen LogP contribution in [0.2, 0.25) is 0 Å². The van der Waals surface area contributed by atoms with E-state index in [1.54, 1.807) is 44.8 Å². The molecule has 0 amide bonds. The van der Waals surface area contributed by atoms with Gasteiger partial charge in [-0.05, 0) is 23.8 Å². The Morgan fingerprint density at radius 1 is 1.28 bits per heavy atom. The Morgan fingerprint density at radius 3 is 2.67 bits per heavy atom. The van der Waals surface area contributed by atoms with E-state index in [2.05, 4.69) is 5.10 Å². The van der Waals surface area contributed by atoms with Gasteiger partial charge in [0.25, 0.3) is 5.91 Å². The molecular formula is C13H14N2O3. The van der Waals surface area contributed by atoms with Crippen LogP contribution in [0.15, 0.2) is 36.7 Å². The van der Waals surface area contributed by atoms with Gasteiger partial charge < -0.3 is 9.47 Å². The first-order chi connectivity index (χ1) is 8.74. The molecular weight excluding hydrogens is 232 g/mol. The lowest BCUT2D eigenvalue weighted by Gasteiger charge is -2.09. The molecule has 0 aliphatic carbocycles. The Kier molecular flexibility index (Phi) is 3.62. The number of carbonyl (C=O) groups excluding carboxylic acids is 1. The summed E-state index contributed by atoms with van der Waals surface area (Å²) in [5.74, 6) is 1.17. The Hall–Kier alpha value is -2.30. The van der Waals surface area contributed by atoms with Crippen LogP contribution < -0.4 is 9.47 Å². The molecule has 2 rings (SSSR count). The molecule has 5 nitrogen and oxygen atoms in total. The van der Waals surface area contributed by atoms with Crippen molar-refractivity contribution < 1.29 is 14.3 Å². The van der Waals surface area contributed by atoms with Crippen LogP contribution in [-0.2, 0) is 6.42 Å². The van der Waals surface area contributed by atoms with Crippen molar-refractivity contribution in [2.24, 2.45) is 0 Å². The molecule has 0 bridgehead atoms. The molecule has 0 aliphatic heterocycles. The third-order valence-electron chi connectivity index (χ3n) is 2.56. The van der Waals surface area contributed by atoms with Gasteiger partial charge in [0.1, 0.15) is 0 Å². The minimum absolute atomic E-state index is 0.0905. The molecule has 0 saturated carbocycles. The Bertz CT molecular complexity index is 535. The maximum Gasteiger partial charge on any atom is 0.251 e. The number of nitrogens with zero attached hydrogens (tertiary/aromatic N) is 2. The van der Waals surface area contributed by atoms with Gasteiger partial charge in [0, 0.05) is 12.4 Å². The minimum atomic E-state index is -0.0905. The zero-order valence-corrected chi connectivity index (χ0v) is 10.3. The van der Waals surface area contributed by atoms with Gasteiger partial charge >= 0.3 is 0 Å². The summed E-state index contributed by atoms with van der Waals surface area (Å²) >= 11 is 0. The fourth-order valence-corrected chi connectivity index (χ4v) is 1.66. The summed E-state index contributed by atoms with van der Waals surface area (Å²) in [5.41, 5.74) is 0.855. The molecule has 0 unspecified atom stereocenters. The van der Waals surface area contributed by atoms with Gasteiger partial charge in [-0.25, -0.2) is 4.68 Å². The molecule has 0 radical (unpaired) electrons. The zero-order chi connectivity index (χ0) is 13.0. The highest BCUT2D eigenvalue weighted by molar-refractivity contribution is 5.80. The van der Waals surface area contributed by atoms with Crippen LogP contribution in [0.5, 0.6) is 11.5 Å². The standard InChI is InChI=1S/C13H14N2O3/c1-17-11-5-4-10(8-12(11)18-2)9-13(16)15-7-3-6-14-15/h3-8H,9H2,1-2H3. The van der Waals surface area contributed by atoms with E-state index < -0.39 is 0 Å². The number of rotatable bonds is 4. The highest BCUT2D eigenvalue weighted by Gasteiger charge is 2.09. The van der Waals surface area contributed by atoms with Gasteiger partial charge in [0.05, 0.1) is 20.6 Å². The van der Waals surface area contributed by atoms with E-state index in [4.69, 9.17) is 9.47 Å². The number of hydrogen-bond acceptors (Lipinski definition) is 4. The quantitative estimate of drug-likeness (QED) is 0.825. The summed E-state index contributed by atoms with van der Waals surface area (Å²) in [6, 6.07) is 7.13. The third-order valence-corrected chi connectivity index (χ3v) is 2.56. The zero-order valence-electron chi connectivity index (χ0n) is 10.3. The highest BCUT2D eigenvalue weighted by atomic mass is 16.5. The molecule has 94 valence electrons. The smallest absolute Gasteiger partial charge is 0.251 e. The van der Waals surface area contributed by atoms with Crippen LogP contribution in [0.4, 0.5) is 0 Å². The first-order valence-electron chi connectivity index (χ1n) is 5.48. The van der Waals surface area contributed by atoms with E-state index in [1.165, 1.54) is 4.68 Å². The summed E-state index contributed by atoms with van der Waals surface area (Å²) in [6.07, 6.45) is 3.47. The minimum Gasteiger partial charge on any atom is -0.493 e. The van der Waals surface area contributed by atoms with E-state index in [-0.39, 0.29) is 12.3 Å². The Labute approximate surface area is 105 Å². The number of methoxy groups -OCH3 is 2. The van der Waals surface area contributed by atoms with Crippen molar-refractivity contribution in [3.8, 4) is 11.5 Å². The summed E-state index contributed by atoms with van der Waals surface area (Å²) in [5, 5.41) is 3.90. The van der Waals surface area contributed by atoms with E-state index in [1.807, 2.05) is 6.07 Å². The summed E-state index contributed by atoms with van der Waals surface area (Å²) in [4.78, 5) is 11.9. The number of hydrogen-bond donors (Lipinski definition) is 0. The van der Waals surface area contributed by atoms with Gasteiger partial charge in [-0.2, -0.15) is 5.10 Å². The number of ether oxygens (including phenoxy) is 2. The highest BCUT2D eigenvalue weighted by Crippen LogP contribution is 2.27. The lowest BCUT2D eigenvalue weighted by atomic mass is 10.1. The molecule has 5 heteroatoms. The lowest BCUT2D eigenvalue weighted by molar-refractivity contribution is 0.0898. The predicted molar refractivity (Wildman–Crippen MR) is 66.1 cm³/mol. The van der Waals surface area contributed by atoms with Crippen molar-refractivity contribution in [3.05, 3.63) is 42.2 Å². The molecule has 18 heavy (non-hydrogen) atoms. The Balaban J connectivity index is 2.17. The maximum absolute atomic E-state index is 11.9. The van der Waals surface area contributed by atoms with Gasteiger partial charge in [-0.15, -0.1) is 0 Å². The van der Waals surface area contributed by atoms with Crippen LogP contribution in [0.3, 0.4) is 0 Å². The topological polar surface area (TPSA) is 53.4 Å². The predicted octanol–water partition coefficient (Wildman–Crippen LogP) is 1.78. The van der Waals surface area contributed by atoms with Crippen molar-refractivity contribution in [1.29, 1.82) is 0 Å². The Morgan fingerprint density at radius 2 is 2.06 bits per heavy atom. The third kappa shape index (κ3) is 2.51. The van der Waals surface area contributed by atoms with E-state index in [9.17, 15) is 4.79 Å². The molecule has 0 atom stereocenters. The number of benzene rings is 1. The fraction of sp³-hybridized carbons (Fsp3) is 0.231. The fourth-order valence-electron chi connectivity index (χ4n) is 1.66. The molecule has 1 heterocycles.